The molecule has 5 rings (SSSR count). The van der Waals surface area contributed by atoms with Gasteiger partial charge in [0.2, 0.25) is 0 Å². The van der Waals surface area contributed by atoms with Crippen molar-refractivity contribution in [3.05, 3.63) is 89.2 Å². The molecule has 0 saturated carbocycles. The third-order valence-electron chi connectivity index (χ3n) is 7.29. The van der Waals surface area contributed by atoms with Gasteiger partial charge in [-0.25, -0.2) is 4.79 Å². The van der Waals surface area contributed by atoms with E-state index in [1.54, 1.807) is 6.92 Å². The van der Waals surface area contributed by atoms with E-state index in [1.807, 2.05) is 63.2 Å². The first kappa shape index (κ1) is 32.1. The Hall–Kier alpha value is -4.34. The van der Waals surface area contributed by atoms with Crippen molar-refractivity contribution in [3.63, 3.8) is 0 Å². The van der Waals surface area contributed by atoms with E-state index < -0.39 is 11.7 Å². The standard InChI is InChI=1S/C36H42N2O7/c1-5-42-33(39)21-28-10-6-7-12-32(28)43-24-26-18-29-20-30(23-38-13-15-41-16-14-38)44-34(29)31(19-26)27-11-8-9-25(17-27)22-37-35(40)45-36(2,3)4/h6-12,17-20H,5,13-16,21-24H2,1-4H3,(H,37,40). The number of benzene rings is 3. The second-order valence-corrected chi connectivity index (χ2v) is 12.1. The summed E-state index contributed by atoms with van der Waals surface area (Å²) in [7, 11) is 0. The fourth-order valence-corrected chi connectivity index (χ4v) is 5.28. The zero-order valence-electron chi connectivity index (χ0n) is 26.5. The van der Waals surface area contributed by atoms with Crippen molar-refractivity contribution in [2.45, 2.75) is 59.4 Å². The minimum absolute atomic E-state index is 0.144. The number of fused-ring (bicyclic) bond motifs is 1. The molecule has 1 N–H and O–H groups in total. The highest BCUT2D eigenvalue weighted by Gasteiger charge is 2.19. The van der Waals surface area contributed by atoms with Crippen molar-refractivity contribution >= 4 is 23.0 Å². The van der Waals surface area contributed by atoms with E-state index in [9.17, 15) is 9.59 Å². The van der Waals surface area contributed by atoms with Crippen molar-refractivity contribution in [2.75, 3.05) is 32.9 Å². The summed E-state index contributed by atoms with van der Waals surface area (Å²) in [5.41, 5.74) is 4.78. The van der Waals surface area contributed by atoms with Gasteiger partial charge < -0.3 is 28.7 Å². The summed E-state index contributed by atoms with van der Waals surface area (Å²) in [6.45, 7) is 12.1. The third-order valence-corrected chi connectivity index (χ3v) is 7.29. The van der Waals surface area contributed by atoms with Crippen LogP contribution in [-0.2, 0) is 45.1 Å². The number of furan rings is 1. The quantitative estimate of drug-likeness (QED) is 0.188. The zero-order valence-corrected chi connectivity index (χ0v) is 26.5. The summed E-state index contributed by atoms with van der Waals surface area (Å²) in [5.74, 6) is 1.24. The number of alkyl carbamates (subject to hydrolysis) is 1. The number of nitrogens with one attached hydrogen (secondary N) is 1. The number of carbonyl (C=O) groups excluding carboxylic acids is 2. The van der Waals surface area contributed by atoms with Crippen molar-refractivity contribution in [1.82, 2.24) is 10.2 Å². The molecule has 0 aliphatic carbocycles. The van der Waals surface area contributed by atoms with Gasteiger partial charge in [-0.3, -0.25) is 9.69 Å². The summed E-state index contributed by atoms with van der Waals surface area (Å²) in [6.07, 6.45) is -0.318. The van der Waals surface area contributed by atoms with E-state index in [0.717, 1.165) is 57.6 Å². The Morgan fingerprint density at radius 3 is 2.53 bits per heavy atom. The highest BCUT2D eigenvalue weighted by Crippen LogP contribution is 2.34. The van der Waals surface area contributed by atoms with Gasteiger partial charge in [0, 0.05) is 36.1 Å². The molecule has 1 aliphatic heterocycles. The summed E-state index contributed by atoms with van der Waals surface area (Å²) < 4.78 is 28.8. The average molecular weight is 615 g/mol. The molecule has 9 heteroatoms. The minimum atomic E-state index is -0.572. The van der Waals surface area contributed by atoms with Crippen LogP contribution < -0.4 is 10.1 Å². The second-order valence-electron chi connectivity index (χ2n) is 12.1. The van der Waals surface area contributed by atoms with Crippen LogP contribution in [0.1, 0.15) is 50.1 Å². The summed E-state index contributed by atoms with van der Waals surface area (Å²) >= 11 is 0. The first-order valence-electron chi connectivity index (χ1n) is 15.4. The summed E-state index contributed by atoms with van der Waals surface area (Å²) in [4.78, 5) is 26.8. The van der Waals surface area contributed by atoms with Crippen LogP contribution in [0.5, 0.6) is 5.75 Å². The Labute approximate surface area is 264 Å². The number of hydrogen-bond donors (Lipinski definition) is 1. The maximum Gasteiger partial charge on any atom is 0.407 e. The van der Waals surface area contributed by atoms with Gasteiger partial charge in [0.15, 0.2) is 0 Å². The number of morpholine rings is 1. The highest BCUT2D eigenvalue weighted by atomic mass is 16.6. The maximum absolute atomic E-state index is 12.3. The van der Waals surface area contributed by atoms with Crippen molar-refractivity contribution in [3.8, 4) is 16.9 Å². The molecule has 1 saturated heterocycles. The van der Waals surface area contributed by atoms with E-state index >= 15 is 0 Å². The predicted molar refractivity (Wildman–Crippen MR) is 172 cm³/mol. The number of rotatable bonds is 11. The number of ether oxygens (including phenoxy) is 4. The number of amides is 1. The molecule has 2 heterocycles. The van der Waals surface area contributed by atoms with Crippen LogP contribution in [-0.4, -0.2) is 55.5 Å². The van der Waals surface area contributed by atoms with Crippen LogP contribution in [0.25, 0.3) is 22.1 Å². The molecule has 4 aromatic rings. The minimum Gasteiger partial charge on any atom is -0.489 e. The fourth-order valence-electron chi connectivity index (χ4n) is 5.28. The van der Waals surface area contributed by atoms with E-state index in [-0.39, 0.29) is 12.4 Å². The number of carbonyl (C=O) groups is 2. The fraction of sp³-hybridized carbons (Fsp3) is 0.389. The van der Waals surface area contributed by atoms with E-state index in [4.69, 9.17) is 23.4 Å². The van der Waals surface area contributed by atoms with Gasteiger partial charge in [0.25, 0.3) is 0 Å². The second kappa shape index (κ2) is 14.6. The molecule has 0 spiro atoms. The van der Waals surface area contributed by atoms with Gasteiger partial charge in [-0.2, -0.15) is 0 Å². The molecular formula is C36H42N2O7. The van der Waals surface area contributed by atoms with Gasteiger partial charge in [-0.05, 0) is 74.7 Å². The summed E-state index contributed by atoms with van der Waals surface area (Å²) in [5, 5.41) is 3.82. The van der Waals surface area contributed by atoms with E-state index in [0.29, 0.717) is 45.3 Å². The first-order chi connectivity index (χ1) is 21.7. The van der Waals surface area contributed by atoms with Crippen molar-refractivity contribution in [1.29, 1.82) is 0 Å². The third kappa shape index (κ3) is 9.09. The zero-order chi connectivity index (χ0) is 31.8. The van der Waals surface area contributed by atoms with E-state index in [1.165, 1.54) is 0 Å². The van der Waals surface area contributed by atoms with Crippen molar-refractivity contribution < 1.29 is 33.0 Å². The number of nitrogens with zero attached hydrogens (tertiary/aromatic N) is 1. The molecule has 0 unspecified atom stereocenters. The number of para-hydroxylation sites is 1. The Kier molecular flexibility index (Phi) is 10.4. The molecule has 238 valence electrons. The average Bonchev–Trinajstić information content (AvgIpc) is 3.41. The number of hydrogen-bond acceptors (Lipinski definition) is 8. The molecule has 0 atom stereocenters. The maximum atomic E-state index is 12.3. The molecule has 1 amide bonds. The monoisotopic (exact) mass is 614 g/mol. The Bertz CT molecular complexity index is 1620. The van der Waals surface area contributed by atoms with Gasteiger partial charge in [0.1, 0.15) is 29.3 Å². The van der Waals surface area contributed by atoms with Gasteiger partial charge in [0.05, 0.1) is 32.8 Å². The predicted octanol–water partition coefficient (Wildman–Crippen LogP) is 6.64. The highest BCUT2D eigenvalue weighted by molar-refractivity contribution is 5.93. The van der Waals surface area contributed by atoms with Gasteiger partial charge in [-0.1, -0.05) is 36.4 Å². The van der Waals surface area contributed by atoms with Gasteiger partial charge >= 0.3 is 12.1 Å². The lowest BCUT2D eigenvalue weighted by atomic mass is 9.99. The van der Waals surface area contributed by atoms with Crippen LogP contribution in [0, 0.1) is 0 Å². The number of esters is 1. The van der Waals surface area contributed by atoms with Crippen LogP contribution >= 0.6 is 0 Å². The molecule has 0 bridgehead atoms. The largest absolute Gasteiger partial charge is 0.489 e. The molecule has 0 radical (unpaired) electrons. The van der Waals surface area contributed by atoms with Crippen molar-refractivity contribution in [2.24, 2.45) is 0 Å². The molecule has 1 aliphatic rings. The van der Waals surface area contributed by atoms with E-state index in [2.05, 4.69) is 34.5 Å². The first-order valence-corrected chi connectivity index (χ1v) is 15.4. The Morgan fingerprint density at radius 1 is 0.956 bits per heavy atom. The Balaban J connectivity index is 1.42. The SMILES string of the molecule is CCOC(=O)Cc1ccccc1OCc1cc(-c2cccc(CNC(=O)OC(C)(C)C)c2)c2oc(CN3CCOCC3)cc2c1. The lowest BCUT2D eigenvalue weighted by molar-refractivity contribution is -0.142. The Morgan fingerprint density at radius 2 is 1.76 bits per heavy atom. The molecular weight excluding hydrogens is 572 g/mol. The molecule has 3 aromatic carbocycles. The molecule has 1 aromatic heterocycles. The van der Waals surface area contributed by atoms with Crippen LogP contribution in [0.15, 0.2) is 71.1 Å². The smallest absolute Gasteiger partial charge is 0.407 e. The normalized spacial score (nSPS) is 13.9. The van der Waals surface area contributed by atoms with Crippen LogP contribution in [0.4, 0.5) is 4.79 Å². The molecule has 1 fully saturated rings. The van der Waals surface area contributed by atoms with Gasteiger partial charge in [-0.15, -0.1) is 0 Å². The van der Waals surface area contributed by atoms with Crippen LogP contribution in [0.2, 0.25) is 0 Å². The molecule has 45 heavy (non-hydrogen) atoms. The van der Waals surface area contributed by atoms with Crippen LogP contribution in [0.3, 0.4) is 0 Å². The molecule has 9 nitrogen and oxygen atoms in total. The topological polar surface area (TPSA) is 99.5 Å². The lowest BCUT2D eigenvalue weighted by Gasteiger charge is -2.25. The summed E-state index contributed by atoms with van der Waals surface area (Å²) in [6, 6.07) is 21.8. The lowest BCUT2D eigenvalue weighted by Crippen LogP contribution is -2.35.